The van der Waals surface area contributed by atoms with Crippen LogP contribution in [0.4, 0.5) is 0 Å². The molecule has 0 heterocycles. The van der Waals surface area contributed by atoms with Gasteiger partial charge in [-0.1, -0.05) is 73.9 Å². The molecule has 2 rings (SSSR count). The lowest BCUT2D eigenvalue weighted by molar-refractivity contribution is 1.34. The molecule has 2 aromatic rings. The van der Waals surface area contributed by atoms with Crippen LogP contribution in [0.1, 0.15) is 16.7 Å². The van der Waals surface area contributed by atoms with E-state index >= 15 is 0 Å². The van der Waals surface area contributed by atoms with Crippen LogP contribution in [0, 0.1) is 13.8 Å². The van der Waals surface area contributed by atoms with E-state index in [9.17, 15) is 0 Å². The maximum atomic E-state index is 3.85. The van der Waals surface area contributed by atoms with Crippen LogP contribution in [0.25, 0.3) is 16.7 Å². The van der Waals surface area contributed by atoms with Crippen LogP contribution in [0.15, 0.2) is 73.9 Å². The third-order valence-electron chi connectivity index (χ3n) is 3.65. The molecule has 0 spiro atoms. The van der Waals surface area contributed by atoms with E-state index in [2.05, 4.69) is 69.5 Å². The van der Waals surface area contributed by atoms with Crippen molar-refractivity contribution in [3.8, 4) is 11.1 Å². The second kappa shape index (κ2) is 6.21. The maximum Gasteiger partial charge on any atom is -0.0152 e. The highest BCUT2D eigenvalue weighted by Gasteiger charge is 2.04. The molecular weight excluding hydrogens is 240 g/mol. The quantitative estimate of drug-likeness (QED) is 0.616. The Morgan fingerprint density at radius 3 is 2.25 bits per heavy atom. The molecule has 2 aromatic carbocycles. The number of benzene rings is 2. The highest BCUT2D eigenvalue weighted by Crippen LogP contribution is 2.27. The molecule has 0 nitrogen and oxygen atoms in total. The highest BCUT2D eigenvalue weighted by molar-refractivity contribution is 5.77. The third-order valence-corrected chi connectivity index (χ3v) is 3.65. The fraction of sp³-hybridized carbons (Fsp3) is 0.100. The monoisotopic (exact) mass is 260 g/mol. The van der Waals surface area contributed by atoms with Crippen molar-refractivity contribution in [2.24, 2.45) is 0 Å². The molecular formula is C20H20. The number of hydrogen-bond donors (Lipinski definition) is 0. The van der Waals surface area contributed by atoms with E-state index in [1.165, 1.54) is 22.3 Å². The van der Waals surface area contributed by atoms with Gasteiger partial charge >= 0.3 is 0 Å². The molecule has 0 N–H and O–H groups in total. The lowest BCUT2D eigenvalue weighted by Gasteiger charge is -2.10. The largest absolute Gasteiger partial charge is 0.0990 e. The van der Waals surface area contributed by atoms with Gasteiger partial charge in [-0.25, -0.2) is 0 Å². The van der Waals surface area contributed by atoms with E-state index in [0.29, 0.717) is 0 Å². The van der Waals surface area contributed by atoms with Crippen LogP contribution in [0.3, 0.4) is 0 Å². The zero-order valence-electron chi connectivity index (χ0n) is 12.2. The normalized spacial score (nSPS) is 11.2. The van der Waals surface area contributed by atoms with Crippen molar-refractivity contribution in [1.82, 2.24) is 0 Å². The first-order valence-corrected chi connectivity index (χ1v) is 6.79. The molecule has 0 aliphatic rings. The molecule has 0 radical (unpaired) electrons. The minimum Gasteiger partial charge on any atom is -0.0990 e. The second-order valence-corrected chi connectivity index (χ2v) is 4.89. The van der Waals surface area contributed by atoms with Gasteiger partial charge in [0.15, 0.2) is 0 Å². The van der Waals surface area contributed by atoms with Crippen molar-refractivity contribution in [1.29, 1.82) is 0 Å². The lowest BCUT2D eigenvalue weighted by Crippen LogP contribution is -1.87. The Hall–Kier alpha value is -2.34. The summed E-state index contributed by atoms with van der Waals surface area (Å²) < 4.78 is 0. The molecule has 0 bridgehead atoms. The Balaban J connectivity index is 2.42. The molecule has 0 atom stereocenters. The van der Waals surface area contributed by atoms with Crippen molar-refractivity contribution < 1.29 is 0 Å². The Labute approximate surface area is 121 Å². The van der Waals surface area contributed by atoms with Gasteiger partial charge in [0.1, 0.15) is 0 Å². The predicted molar refractivity (Wildman–Crippen MR) is 89.7 cm³/mol. The Bertz CT molecular complexity index is 655. The Kier molecular flexibility index (Phi) is 4.37. The first-order chi connectivity index (χ1) is 9.67. The minimum atomic E-state index is 1.09. The summed E-state index contributed by atoms with van der Waals surface area (Å²) in [6.07, 6.45) is 5.62. The smallest absolute Gasteiger partial charge is 0.0152 e. The number of aryl methyl sites for hydroxylation is 1. The molecule has 20 heavy (non-hydrogen) atoms. The summed E-state index contributed by atoms with van der Waals surface area (Å²) >= 11 is 0. The molecule has 0 heteroatoms. The molecule has 0 aliphatic heterocycles. The van der Waals surface area contributed by atoms with Crippen LogP contribution in [0.2, 0.25) is 0 Å². The summed E-state index contributed by atoms with van der Waals surface area (Å²) in [7, 11) is 0. The van der Waals surface area contributed by atoms with E-state index < -0.39 is 0 Å². The Morgan fingerprint density at radius 2 is 1.65 bits per heavy atom. The van der Waals surface area contributed by atoms with Crippen molar-refractivity contribution >= 4 is 5.57 Å². The van der Waals surface area contributed by atoms with Gasteiger partial charge in [-0.05, 0) is 47.2 Å². The van der Waals surface area contributed by atoms with Gasteiger partial charge in [-0.15, -0.1) is 0 Å². The zero-order chi connectivity index (χ0) is 14.5. The minimum absolute atomic E-state index is 1.09. The average Bonchev–Trinajstić information content (AvgIpc) is 2.48. The van der Waals surface area contributed by atoms with Gasteiger partial charge in [0.25, 0.3) is 0 Å². The van der Waals surface area contributed by atoms with Crippen molar-refractivity contribution in [3.63, 3.8) is 0 Å². The lowest BCUT2D eigenvalue weighted by atomic mass is 9.95. The van der Waals surface area contributed by atoms with Crippen molar-refractivity contribution in [2.75, 3.05) is 0 Å². The SMILES string of the molecule is C=C/C=C(\C=C)c1ccc(-c2cccc(C)c2C)cc1. The average molecular weight is 260 g/mol. The summed E-state index contributed by atoms with van der Waals surface area (Å²) in [4.78, 5) is 0. The molecule has 0 amide bonds. The zero-order valence-corrected chi connectivity index (χ0v) is 12.2. The standard InChI is InChI=1S/C20H20/c1-5-8-17(6-2)18-11-13-19(14-12-18)20-10-7-9-15(3)16(20)4/h5-14H,1-2H2,3-4H3/b17-8+. The molecule has 100 valence electrons. The topological polar surface area (TPSA) is 0 Å². The molecule has 0 aromatic heterocycles. The summed E-state index contributed by atoms with van der Waals surface area (Å²) in [5.41, 5.74) is 7.46. The van der Waals surface area contributed by atoms with Crippen molar-refractivity contribution in [2.45, 2.75) is 13.8 Å². The van der Waals surface area contributed by atoms with Gasteiger partial charge in [0, 0.05) is 0 Å². The van der Waals surface area contributed by atoms with Crippen LogP contribution in [0.5, 0.6) is 0 Å². The third kappa shape index (κ3) is 2.80. The number of hydrogen-bond acceptors (Lipinski definition) is 0. The van der Waals surface area contributed by atoms with Crippen LogP contribution >= 0.6 is 0 Å². The molecule has 0 saturated carbocycles. The molecule has 0 saturated heterocycles. The highest BCUT2D eigenvalue weighted by atomic mass is 14.1. The van der Waals surface area contributed by atoms with Gasteiger partial charge in [-0.2, -0.15) is 0 Å². The van der Waals surface area contributed by atoms with Crippen LogP contribution < -0.4 is 0 Å². The first-order valence-electron chi connectivity index (χ1n) is 6.79. The summed E-state index contributed by atoms with van der Waals surface area (Å²) in [5.74, 6) is 0. The molecule has 0 unspecified atom stereocenters. The van der Waals surface area contributed by atoms with E-state index in [1.807, 2.05) is 12.2 Å². The van der Waals surface area contributed by atoms with Gasteiger partial charge in [0.05, 0.1) is 0 Å². The fourth-order valence-corrected chi connectivity index (χ4v) is 2.32. The van der Waals surface area contributed by atoms with Crippen molar-refractivity contribution in [3.05, 3.63) is 90.5 Å². The van der Waals surface area contributed by atoms with Gasteiger partial charge in [-0.3, -0.25) is 0 Å². The number of allylic oxidation sites excluding steroid dienone is 4. The second-order valence-electron chi connectivity index (χ2n) is 4.89. The predicted octanol–water partition coefficient (Wildman–Crippen LogP) is 5.73. The number of rotatable bonds is 4. The maximum absolute atomic E-state index is 3.85. The van der Waals surface area contributed by atoms with Gasteiger partial charge in [0.2, 0.25) is 0 Å². The first kappa shape index (κ1) is 14.1. The van der Waals surface area contributed by atoms with Crippen LogP contribution in [-0.4, -0.2) is 0 Å². The fourth-order valence-electron chi connectivity index (χ4n) is 2.32. The summed E-state index contributed by atoms with van der Waals surface area (Å²) in [6.45, 7) is 11.9. The van der Waals surface area contributed by atoms with E-state index in [0.717, 1.165) is 11.1 Å². The molecule has 0 fully saturated rings. The summed E-state index contributed by atoms with van der Waals surface area (Å²) in [6, 6.07) is 15.0. The molecule has 0 aliphatic carbocycles. The van der Waals surface area contributed by atoms with E-state index in [-0.39, 0.29) is 0 Å². The van der Waals surface area contributed by atoms with E-state index in [4.69, 9.17) is 0 Å². The van der Waals surface area contributed by atoms with Crippen LogP contribution in [-0.2, 0) is 0 Å². The van der Waals surface area contributed by atoms with E-state index in [1.54, 1.807) is 6.08 Å². The van der Waals surface area contributed by atoms with Gasteiger partial charge < -0.3 is 0 Å². The Morgan fingerprint density at radius 1 is 0.950 bits per heavy atom. The summed E-state index contributed by atoms with van der Waals surface area (Å²) in [5, 5.41) is 0.